The van der Waals surface area contributed by atoms with Crippen LogP contribution in [0.2, 0.25) is 0 Å². The minimum Gasteiger partial charge on any atom is -0.307 e. The number of hydrogen-bond acceptors (Lipinski definition) is 2. The van der Waals surface area contributed by atoms with Gasteiger partial charge in [-0.25, -0.2) is 4.79 Å². The predicted octanol–water partition coefficient (Wildman–Crippen LogP) is 0.821. The fraction of sp³-hybridized carbons (Fsp3) is 0. The van der Waals surface area contributed by atoms with Crippen molar-refractivity contribution < 1.29 is 0 Å². The summed E-state index contributed by atoms with van der Waals surface area (Å²) in [5.41, 5.74) is -0.246. The van der Waals surface area contributed by atoms with Gasteiger partial charge in [-0.2, -0.15) is 0 Å². The van der Waals surface area contributed by atoms with Crippen LogP contribution >= 0.6 is 22.6 Å². The highest BCUT2D eigenvalue weighted by Crippen LogP contribution is 2.12. The smallest absolute Gasteiger partial charge is 0.307 e. The van der Waals surface area contributed by atoms with Crippen LogP contribution < -0.4 is 11.2 Å². The number of aromatic nitrogens is 2. The Kier molecular flexibility index (Phi) is 1.95. The van der Waals surface area contributed by atoms with E-state index in [4.69, 9.17) is 0 Å². The molecule has 0 amide bonds. The second-order valence-corrected chi connectivity index (χ2v) is 3.73. The Morgan fingerprint density at radius 3 is 2.69 bits per heavy atom. The summed E-state index contributed by atoms with van der Waals surface area (Å²) in [6, 6.07) is 5.31. The molecule has 1 aromatic carbocycles. The van der Waals surface area contributed by atoms with Crippen molar-refractivity contribution in [2.75, 3.05) is 0 Å². The lowest BCUT2D eigenvalue weighted by atomic mass is 10.2. The van der Waals surface area contributed by atoms with Crippen LogP contribution in [0.25, 0.3) is 10.9 Å². The molecule has 2 aromatic rings. The molecule has 0 aliphatic carbocycles. The highest BCUT2D eigenvalue weighted by atomic mass is 127. The molecule has 0 bridgehead atoms. The van der Waals surface area contributed by atoms with E-state index in [0.717, 1.165) is 3.57 Å². The molecule has 1 aromatic heterocycles. The van der Waals surface area contributed by atoms with E-state index in [2.05, 4.69) is 32.6 Å². The highest BCUT2D eigenvalue weighted by molar-refractivity contribution is 14.1. The van der Waals surface area contributed by atoms with Crippen LogP contribution in [0.4, 0.5) is 0 Å². The van der Waals surface area contributed by atoms with Gasteiger partial charge in [0.05, 0.1) is 10.9 Å². The molecule has 0 spiro atoms. The molecule has 0 saturated heterocycles. The van der Waals surface area contributed by atoms with Gasteiger partial charge < -0.3 is 4.98 Å². The average molecular weight is 288 g/mol. The Morgan fingerprint density at radius 1 is 1.15 bits per heavy atom. The molecule has 66 valence electrons. The van der Waals surface area contributed by atoms with Crippen molar-refractivity contribution in [3.8, 4) is 0 Å². The quantitative estimate of drug-likeness (QED) is 0.705. The molecule has 0 fully saturated rings. The van der Waals surface area contributed by atoms with E-state index in [-0.39, 0.29) is 5.56 Å². The molecule has 1 heterocycles. The standard InChI is InChI=1S/C8H5IN2O2/c9-4-2-1-3-5-6(4)7(12)11-8(13)10-5/h1-3H,(H2,10,11,12,13). The van der Waals surface area contributed by atoms with Gasteiger partial charge in [-0.3, -0.25) is 9.78 Å². The zero-order valence-electron chi connectivity index (χ0n) is 6.43. The molecular formula is C8H5IN2O2. The molecule has 0 atom stereocenters. The van der Waals surface area contributed by atoms with Crippen molar-refractivity contribution in [2.45, 2.75) is 0 Å². The lowest BCUT2D eigenvalue weighted by molar-refractivity contribution is 1.08. The van der Waals surface area contributed by atoms with Crippen LogP contribution in [0.1, 0.15) is 0 Å². The second-order valence-electron chi connectivity index (χ2n) is 2.57. The normalized spacial score (nSPS) is 10.5. The summed E-state index contributed by atoms with van der Waals surface area (Å²) in [7, 11) is 0. The molecule has 2 rings (SSSR count). The Balaban J connectivity index is 3.12. The Bertz CT molecular complexity index is 570. The van der Waals surface area contributed by atoms with Gasteiger partial charge in [0, 0.05) is 3.57 Å². The van der Waals surface area contributed by atoms with Crippen molar-refractivity contribution in [3.63, 3.8) is 0 Å². The van der Waals surface area contributed by atoms with Gasteiger partial charge in [0.25, 0.3) is 5.56 Å². The minimum absolute atomic E-state index is 0.344. The first-order valence-electron chi connectivity index (χ1n) is 3.59. The van der Waals surface area contributed by atoms with E-state index in [1.807, 2.05) is 6.07 Å². The van der Waals surface area contributed by atoms with E-state index < -0.39 is 5.69 Å². The summed E-state index contributed by atoms with van der Waals surface area (Å²) in [6.07, 6.45) is 0. The lowest BCUT2D eigenvalue weighted by Crippen LogP contribution is -2.22. The van der Waals surface area contributed by atoms with Crippen LogP contribution in [-0.2, 0) is 0 Å². The van der Waals surface area contributed by atoms with Crippen LogP contribution in [0.5, 0.6) is 0 Å². The SMILES string of the molecule is O=c1[nH]c(=O)c2c(I)cccc2[nH]1. The number of nitrogens with one attached hydrogen (secondary N) is 2. The molecule has 0 unspecified atom stereocenters. The van der Waals surface area contributed by atoms with Gasteiger partial charge in [0.1, 0.15) is 0 Å². The van der Waals surface area contributed by atoms with Crippen LogP contribution in [0.3, 0.4) is 0 Å². The summed E-state index contributed by atoms with van der Waals surface area (Å²) >= 11 is 2.05. The summed E-state index contributed by atoms with van der Waals surface area (Å²) in [4.78, 5) is 27.0. The Hall–Kier alpha value is -1.11. The zero-order chi connectivity index (χ0) is 9.42. The molecule has 13 heavy (non-hydrogen) atoms. The zero-order valence-corrected chi connectivity index (χ0v) is 8.58. The number of fused-ring (bicyclic) bond motifs is 1. The van der Waals surface area contributed by atoms with Gasteiger partial charge in [-0.05, 0) is 34.7 Å². The van der Waals surface area contributed by atoms with E-state index in [0.29, 0.717) is 10.9 Å². The van der Waals surface area contributed by atoms with E-state index >= 15 is 0 Å². The fourth-order valence-corrected chi connectivity index (χ4v) is 1.92. The number of aromatic amines is 2. The third kappa shape index (κ3) is 1.39. The second kappa shape index (κ2) is 2.99. The number of H-pyrrole nitrogens is 2. The van der Waals surface area contributed by atoms with Crippen LogP contribution in [0.15, 0.2) is 27.8 Å². The molecule has 0 aliphatic heterocycles. The predicted molar refractivity (Wildman–Crippen MR) is 57.9 cm³/mol. The van der Waals surface area contributed by atoms with E-state index in [1.54, 1.807) is 12.1 Å². The van der Waals surface area contributed by atoms with Crippen molar-refractivity contribution in [1.29, 1.82) is 0 Å². The van der Waals surface area contributed by atoms with E-state index in [1.165, 1.54) is 0 Å². The first-order valence-corrected chi connectivity index (χ1v) is 4.67. The highest BCUT2D eigenvalue weighted by Gasteiger charge is 2.02. The average Bonchev–Trinajstić information content (AvgIpc) is 2.02. The first-order chi connectivity index (χ1) is 6.18. The van der Waals surface area contributed by atoms with Crippen molar-refractivity contribution in [2.24, 2.45) is 0 Å². The maximum absolute atomic E-state index is 11.3. The molecule has 4 nitrogen and oxygen atoms in total. The van der Waals surface area contributed by atoms with Gasteiger partial charge >= 0.3 is 5.69 Å². The summed E-state index contributed by atoms with van der Waals surface area (Å²) in [5, 5.41) is 0.530. The molecule has 0 aliphatic rings. The number of halogens is 1. The maximum atomic E-state index is 11.3. The maximum Gasteiger partial charge on any atom is 0.326 e. The largest absolute Gasteiger partial charge is 0.326 e. The Labute approximate surface area is 86.1 Å². The minimum atomic E-state index is -0.473. The van der Waals surface area contributed by atoms with E-state index in [9.17, 15) is 9.59 Å². The lowest BCUT2D eigenvalue weighted by Gasteiger charge is -1.97. The molecular weight excluding hydrogens is 283 g/mol. The van der Waals surface area contributed by atoms with Crippen molar-refractivity contribution >= 4 is 33.5 Å². The summed E-state index contributed by atoms with van der Waals surface area (Å²) < 4.78 is 0.826. The number of rotatable bonds is 0. The Morgan fingerprint density at radius 2 is 1.92 bits per heavy atom. The van der Waals surface area contributed by atoms with Crippen molar-refractivity contribution in [1.82, 2.24) is 9.97 Å². The molecule has 0 saturated carbocycles. The molecule has 0 radical (unpaired) electrons. The van der Waals surface area contributed by atoms with Gasteiger partial charge in [-0.1, -0.05) is 6.07 Å². The third-order valence-electron chi connectivity index (χ3n) is 1.72. The van der Waals surface area contributed by atoms with Gasteiger partial charge in [-0.15, -0.1) is 0 Å². The fourth-order valence-electron chi connectivity index (χ4n) is 1.18. The topological polar surface area (TPSA) is 65.7 Å². The van der Waals surface area contributed by atoms with Crippen LogP contribution in [-0.4, -0.2) is 9.97 Å². The monoisotopic (exact) mass is 288 g/mol. The number of benzene rings is 1. The summed E-state index contributed by atoms with van der Waals surface area (Å²) in [5.74, 6) is 0. The number of hydrogen-bond donors (Lipinski definition) is 2. The molecule has 2 N–H and O–H groups in total. The first kappa shape index (κ1) is 8.49. The molecule has 5 heteroatoms. The van der Waals surface area contributed by atoms with Gasteiger partial charge in [0.15, 0.2) is 0 Å². The summed E-state index contributed by atoms with van der Waals surface area (Å²) in [6.45, 7) is 0. The van der Waals surface area contributed by atoms with Gasteiger partial charge in [0.2, 0.25) is 0 Å². The van der Waals surface area contributed by atoms with Crippen LogP contribution in [0, 0.1) is 3.57 Å². The third-order valence-corrected chi connectivity index (χ3v) is 2.61. The van der Waals surface area contributed by atoms with Crippen molar-refractivity contribution in [3.05, 3.63) is 42.6 Å².